The van der Waals surface area contributed by atoms with Gasteiger partial charge in [0, 0.05) is 12.4 Å². The fraction of sp³-hybridized carbons (Fsp3) is 0.375. The van der Waals surface area contributed by atoms with E-state index in [1.54, 1.807) is 0 Å². The number of hydrogen-bond acceptors (Lipinski definition) is 1. The molecule has 2 heteroatoms. The predicted octanol–water partition coefficient (Wildman–Crippen LogP) is 1.24. The van der Waals surface area contributed by atoms with Crippen LogP contribution in [0, 0.1) is 0 Å². The van der Waals surface area contributed by atoms with Crippen LogP contribution in [0.2, 0.25) is 0 Å². The van der Waals surface area contributed by atoms with E-state index < -0.39 is 0 Å². The summed E-state index contributed by atoms with van der Waals surface area (Å²) in [7, 11) is 0. The van der Waals surface area contributed by atoms with Gasteiger partial charge in [0.2, 0.25) is 0 Å². The fourth-order valence-corrected chi connectivity index (χ4v) is 1.23. The Labute approximate surface area is 60.3 Å². The summed E-state index contributed by atoms with van der Waals surface area (Å²) in [4.78, 5) is 4.26. The molecule has 0 spiro atoms. The predicted molar refractivity (Wildman–Crippen MR) is 40.9 cm³/mol. The molecular weight excluding hydrogens is 124 g/mol. The van der Waals surface area contributed by atoms with Crippen LogP contribution in [-0.2, 0) is 0 Å². The topological polar surface area (TPSA) is 26.5 Å². The Bertz CT molecular complexity index is 201. The van der Waals surface area contributed by atoms with E-state index in [0.717, 1.165) is 25.1 Å². The van der Waals surface area contributed by atoms with Gasteiger partial charge in [-0.3, -0.25) is 10.3 Å². The van der Waals surface area contributed by atoms with Crippen LogP contribution >= 0.6 is 0 Å². The minimum Gasteiger partial charge on any atom is -0.289 e. The molecule has 0 N–H and O–H groups in total. The first kappa shape index (κ1) is 5.71. The molecule has 2 heterocycles. The summed E-state index contributed by atoms with van der Waals surface area (Å²) in [6, 6.07) is 0. The van der Waals surface area contributed by atoms with Gasteiger partial charge in [0.15, 0.2) is 0 Å². The van der Waals surface area contributed by atoms with E-state index in [-0.39, 0.29) is 0 Å². The summed E-state index contributed by atoms with van der Waals surface area (Å²) in [5, 5.41) is 4.15. The molecule has 2 aliphatic rings. The van der Waals surface area contributed by atoms with Crippen LogP contribution in [0.15, 0.2) is 28.5 Å². The first-order valence-electron chi connectivity index (χ1n) is 3.54. The third-order valence-electron chi connectivity index (χ3n) is 1.79. The molecule has 0 atom stereocenters. The van der Waals surface area contributed by atoms with E-state index >= 15 is 0 Å². The monoisotopic (exact) mass is 133 g/mol. The first-order chi connectivity index (χ1) is 4.97. The Morgan fingerprint density at radius 1 is 1.40 bits per heavy atom. The van der Waals surface area contributed by atoms with E-state index in [4.69, 9.17) is 0 Å². The van der Waals surface area contributed by atoms with Gasteiger partial charge in [-0.25, -0.2) is 0 Å². The van der Waals surface area contributed by atoms with Crippen molar-refractivity contribution in [2.75, 3.05) is 6.54 Å². The van der Waals surface area contributed by atoms with Crippen LogP contribution in [-0.4, -0.2) is 12.8 Å². The molecule has 0 amide bonds. The molecule has 2 aliphatic heterocycles. The first-order valence-corrected chi connectivity index (χ1v) is 3.54. The molecule has 0 saturated heterocycles. The summed E-state index contributed by atoms with van der Waals surface area (Å²) in [6.45, 7) is 0.864. The van der Waals surface area contributed by atoms with E-state index in [1.165, 1.54) is 5.57 Å². The van der Waals surface area contributed by atoms with Crippen molar-refractivity contribution in [1.82, 2.24) is 5.32 Å². The minimum atomic E-state index is 0.864. The average molecular weight is 133 g/mol. The van der Waals surface area contributed by atoms with Crippen LogP contribution in [0.4, 0.5) is 0 Å². The van der Waals surface area contributed by atoms with Gasteiger partial charge < -0.3 is 0 Å². The molecule has 0 fully saturated rings. The molecular formula is C8H9N2. The number of rotatable bonds is 0. The molecule has 0 unspecified atom stereocenters. The summed E-state index contributed by atoms with van der Waals surface area (Å²) >= 11 is 0. The number of aliphatic imine (C=N–C) groups is 1. The molecule has 0 aliphatic carbocycles. The molecule has 0 bridgehead atoms. The molecule has 2 nitrogen and oxygen atoms in total. The van der Waals surface area contributed by atoms with Gasteiger partial charge >= 0.3 is 0 Å². The van der Waals surface area contributed by atoms with Crippen LogP contribution in [0.1, 0.15) is 12.8 Å². The van der Waals surface area contributed by atoms with Gasteiger partial charge in [0.1, 0.15) is 0 Å². The highest BCUT2D eigenvalue weighted by molar-refractivity contribution is 5.63. The van der Waals surface area contributed by atoms with Crippen molar-refractivity contribution in [1.29, 1.82) is 0 Å². The van der Waals surface area contributed by atoms with E-state index in [1.807, 2.05) is 18.5 Å². The molecule has 0 aromatic rings. The molecule has 0 aromatic carbocycles. The van der Waals surface area contributed by atoms with Gasteiger partial charge in [-0.05, 0) is 24.5 Å². The highest BCUT2D eigenvalue weighted by atomic mass is 14.9. The second-order valence-electron chi connectivity index (χ2n) is 2.50. The van der Waals surface area contributed by atoms with Crippen molar-refractivity contribution in [3.63, 3.8) is 0 Å². The molecule has 1 radical (unpaired) electrons. The Kier molecular flexibility index (Phi) is 1.31. The maximum Gasteiger partial charge on any atom is 0.0651 e. The Morgan fingerprint density at radius 3 is 3.30 bits per heavy atom. The molecule has 51 valence electrons. The quantitative estimate of drug-likeness (QED) is 0.475. The number of hydrogen-bond donors (Lipinski definition) is 0. The van der Waals surface area contributed by atoms with Crippen molar-refractivity contribution in [2.24, 2.45) is 4.99 Å². The van der Waals surface area contributed by atoms with Crippen LogP contribution in [0.25, 0.3) is 0 Å². The van der Waals surface area contributed by atoms with Crippen molar-refractivity contribution < 1.29 is 0 Å². The summed E-state index contributed by atoms with van der Waals surface area (Å²) in [6.07, 6.45) is 8.03. The van der Waals surface area contributed by atoms with E-state index in [2.05, 4.69) is 10.3 Å². The zero-order chi connectivity index (χ0) is 6.81. The Morgan fingerprint density at radius 2 is 2.40 bits per heavy atom. The number of allylic oxidation sites excluding steroid dienone is 1. The zero-order valence-corrected chi connectivity index (χ0v) is 5.75. The molecule has 0 aromatic heterocycles. The lowest BCUT2D eigenvalue weighted by Crippen LogP contribution is -2.11. The molecule has 10 heavy (non-hydrogen) atoms. The lowest BCUT2D eigenvalue weighted by molar-refractivity contribution is 0.813. The highest BCUT2D eigenvalue weighted by Gasteiger charge is 2.09. The maximum absolute atomic E-state index is 4.26. The van der Waals surface area contributed by atoms with E-state index in [0.29, 0.717) is 0 Å². The fourth-order valence-electron chi connectivity index (χ4n) is 1.23. The third-order valence-corrected chi connectivity index (χ3v) is 1.79. The lowest BCUT2D eigenvalue weighted by atomic mass is 10.0. The standard InChI is InChI=1S/C8H9N2/c1-2-7-6-9-5-3-8(7)10-4-1/h3-5H,1-2,6H2. The third kappa shape index (κ3) is 0.856. The maximum atomic E-state index is 4.26. The van der Waals surface area contributed by atoms with Crippen LogP contribution < -0.4 is 5.32 Å². The van der Waals surface area contributed by atoms with E-state index in [9.17, 15) is 0 Å². The van der Waals surface area contributed by atoms with Gasteiger partial charge in [0.25, 0.3) is 0 Å². The smallest absolute Gasteiger partial charge is 0.0651 e. The molecule has 0 saturated carbocycles. The van der Waals surface area contributed by atoms with Crippen molar-refractivity contribution in [3.8, 4) is 0 Å². The Balaban J connectivity index is 2.32. The summed E-state index contributed by atoms with van der Waals surface area (Å²) in [5.41, 5.74) is 2.53. The van der Waals surface area contributed by atoms with Gasteiger partial charge in [-0.1, -0.05) is 0 Å². The van der Waals surface area contributed by atoms with Gasteiger partial charge in [0.05, 0.1) is 12.2 Å². The Hall–Kier alpha value is -1.05. The summed E-state index contributed by atoms with van der Waals surface area (Å²) < 4.78 is 0. The summed E-state index contributed by atoms with van der Waals surface area (Å²) in [5.74, 6) is 0. The average Bonchev–Trinajstić information content (AvgIpc) is 2.05. The largest absolute Gasteiger partial charge is 0.289 e. The lowest BCUT2D eigenvalue weighted by Gasteiger charge is -2.14. The van der Waals surface area contributed by atoms with Crippen molar-refractivity contribution >= 4 is 6.21 Å². The van der Waals surface area contributed by atoms with Crippen molar-refractivity contribution in [2.45, 2.75) is 12.8 Å². The second-order valence-corrected chi connectivity index (χ2v) is 2.50. The molecule has 2 rings (SSSR count). The normalized spacial score (nSPS) is 22.4. The van der Waals surface area contributed by atoms with Crippen LogP contribution in [0.3, 0.4) is 0 Å². The van der Waals surface area contributed by atoms with Crippen LogP contribution in [0.5, 0.6) is 0 Å². The number of nitrogens with zero attached hydrogens (tertiary/aromatic N) is 2. The second kappa shape index (κ2) is 2.29. The zero-order valence-electron chi connectivity index (χ0n) is 5.75. The van der Waals surface area contributed by atoms with Crippen molar-refractivity contribution in [3.05, 3.63) is 23.5 Å². The SMILES string of the molecule is C1=CC2=C(CCC=N2)C[N]1. The van der Waals surface area contributed by atoms with Gasteiger partial charge in [-0.15, -0.1) is 0 Å². The highest BCUT2D eigenvalue weighted by Crippen LogP contribution is 2.19. The van der Waals surface area contributed by atoms with Gasteiger partial charge in [-0.2, -0.15) is 0 Å². The minimum absolute atomic E-state index is 0.864.